The Morgan fingerprint density at radius 3 is 2.48 bits per heavy atom. The highest BCUT2D eigenvalue weighted by Crippen LogP contribution is 2.35. The summed E-state index contributed by atoms with van der Waals surface area (Å²) in [6, 6.07) is 7.88. The summed E-state index contributed by atoms with van der Waals surface area (Å²) in [6.45, 7) is 2.49. The molecule has 1 unspecified atom stereocenters. The van der Waals surface area contributed by atoms with Crippen LogP contribution in [0.4, 0.5) is 0 Å². The van der Waals surface area contributed by atoms with Crippen molar-refractivity contribution in [1.29, 1.82) is 0 Å². The second-order valence-electron chi connectivity index (χ2n) is 6.25. The molecule has 1 fully saturated rings. The summed E-state index contributed by atoms with van der Waals surface area (Å²) in [5, 5.41) is 3.89. The van der Waals surface area contributed by atoms with Crippen LogP contribution in [0, 0.1) is 5.41 Å². The summed E-state index contributed by atoms with van der Waals surface area (Å²) in [5.41, 5.74) is 6.75. The SMILES string of the molecule is CC(Cc1ccc(Cl)cc1)NC(=O)C1(CN)CCCCC1. The average molecular weight is 309 g/mol. The van der Waals surface area contributed by atoms with E-state index in [4.69, 9.17) is 17.3 Å². The Bertz CT molecular complexity index is 466. The normalized spacial score (nSPS) is 19.0. The third-order valence-electron chi connectivity index (χ3n) is 4.52. The van der Waals surface area contributed by atoms with Gasteiger partial charge in [-0.15, -0.1) is 0 Å². The molecule has 0 aliphatic heterocycles. The van der Waals surface area contributed by atoms with E-state index >= 15 is 0 Å². The third-order valence-corrected chi connectivity index (χ3v) is 4.77. The van der Waals surface area contributed by atoms with E-state index < -0.39 is 0 Å². The van der Waals surface area contributed by atoms with Gasteiger partial charge in [0.1, 0.15) is 0 Å². The van der Waals surface area contributed by atoms with E-state index in [0.717, 1.165) is 37.1 Å². The second kappa shape index (κ2) is 7.28. The summed E-state index contributed by atoms with van der Waals surface area (Å²) < 4.78 is 0. The van der Waals surface area contributed by atoms with Gasteiger partial charge in [-0.25, -0.2) is 0 Å². The molecule has 0 saturated heterocycles. The largest absolute Gasteiger partial charge is 0.353 e. The lowest BCUT2D eigenvalue weighted by atomic mass is 9.73. The summed E-state index contributed by atoms with van der Waals surface area (Å²) in [7, 11) is 0. The first-order chi connectivity index (χ1) is 10.1. The maximum absolute atomic E-state index is 12.6. The van der Waals surface area contributed by atoms with Crippen molar-refractivity contribution < 1.29 is 4.79 Å². The van der Waals surface area contributed by atoms with Crippen LogP contribution in [-0.2, 0) is 11.2 Å². The van der Waals surface area contributed by atoms with Gasteiger partial charge < -0.3 is 11.1 Å². The average Bonchev–Trinajstić information content (AvgIpc) is 2.50. The van der Waals surface area contributed by atoms with Gasteiger partial charge in [0, 0.05) is 17.6 Å². The number of amides is 1. The van der Waals surface area contributed by atoms with Crippen LogP contribution in [0.3, 0.4) is 0 Å². The van der Waals surface area contributed by atoms with Crippen molar-refractivity contribution in [2.45, 2.75) is 51.5 Å². The summed E-state index contributed by atoms with van der Waals surface area (Å²) >= 11 is 5.89. The van der Waals surface area contributed by atoms with Crippen molar-refractivity contribution in [2.75, 3.05) is 6.54 Å². The molecule has 0 aromatic heterocycles. The Hall–Kier alpha value is -1.06. The molecule has 2 rings (SSSR count). The summed E-state index contributed by atoms with van der Waals surface area (Å²) in [5.74, 6) is 0.131. The number of halogens is 1. The Morgan fingerprint density at radius 1 is 1.29 bits per heavy atom. The highest BCUT2D eigenvalue weighted by Gasteiger charge is 2.38. The quantitative estimate of drug-likeness (QED) is 0.877. The maximum Gasteiger partial charge on any atom is 0.227 e. The van der Waals surface area contributed by atoms with Crippen molar-refractivity contribution in [3.05, 3.63) is 34.9 Å². The number of hydrogen-bond acceptors (Lipinski definition) is 2. The zero-order valence-corrected chi connectivity index (χ0v) is 13.5. The van der Waals surface area contributed by atoms with Crippen molar-refractivity contribution in [3.8, 4) is 0 Å². The summed E-state index contributed by atoms with van der Waals surface area (Å²) in [4.78, 5) is 12.6. The molecule has 3 N–H and O–H groups in total. The third kappa shape index (κ3) is 4.21. The molecule has 0 spiro atoms. The smallest absolute Gasteiger partial charge is 0.227 e. The minimum absolute atomic E-state index is 0.101. The second-order valence-corrected chi connectivity index (χ2v) is 6.69. The van der Waals surface area contributed by atoms with Gasteiger partial charge in [-0.1, -0.05) is 43.0 Å². The molecule has 21 heavy (non-hydrogen) atoms. The van der Waals surface area contributed by atoms with Gasteiger partial charge in [0.05, 0.1) is 5.41 Å². The molecule has 4 heteroatoms. The Kier molecular flexibility index (Phi) is 5.65. The van der Waals surface area contributed by atoms with E-state index in [2.05, 4.69) is 5.32 Å². The summed E-state index contributed by atoms with van der Waals surface area (Å²) in [6.07, 6.45) is 6.08. The minimum atomic E-state index is -0.341. The Balaban J connectivity index is 1.93. The van der Waals surface area contributed by atoms with Gasteiger partial charge in [-0.2, -0.15) is 0 Å². The van der Waals surface area contributed by atoms with Crippen LogP contribution < -0.4 is 11.1 Å². The van der Waals surface area contributed by atoms with Crippen molar-refractivity contribution in [2.24, 2.45) is 11.1 Å². The topological polar surface area (TPSA) is 55.1 Å². The van der Waals surface area contributed by atoms with Gasteiger partial charge in [0.15, 0.2) is 0 Å². The predicted octanol–water partition coefficient (Wildman–Crippen LogP) is 3.30. The van der Waals surface area contributed by atoms with E-state index in [1.807, 2.05) is 31.2 Å². The molecular formula is C17H25ClN2O. The van der Waals surface area contributed by atoms with Gasteiger partial charge in [-0.3, -0.25) is 4.79 Å². The van der Waals surface area contributed by atoms with E-state index in [1.54, 1.807) is 0 Å². The lowest BCUT2D eigenvalue weighted by Gasteiger charge is -2.35. The fourth-order valence-electron chi connectivity index (χ4n) is 3.15. The highest BCUT2D eigenvalue weighted by atomic mass is 35.5. The van der Waals surface area contributed by atoms with Crippen molar-refractivity contribution >= 4 is 17.5 Å². The van der Waals surface area contributed by atoms with Gasteiger partial charge in [0.25, 0.3) is 0 Å². The molecule has 1 aromatic carbocycles. The first-order valence-corrected chi connectivity index (χ1v) is 8.19. The fraction of sp³-hybridized carbons (Fsp3) is 0.588. The number of hydrogen-bond donors (Lipinski definition) is 2. The van der Waals surface area contributed by atoms with Crippen LogP contribution in [0.15, 0.2) is 24.3 Å². The first kappa shape index (κ1) is 16.3. The van der Waals surface area contributed by atoms with Crippen LogP contribution in [0.2, 0.25) is 5.02 Å². The highest BCUT2D eigenvalue weighted by molar-refractivity contribution is 6.30. The van der Waals surface area contributed by atoms with E-state index in [1.165, 1.54) is 12.0 Å². The zero-order valence-electron chi connectivity index (χ0n) is 12.7. The molecule has 1 amide bonds. The lowest BCUT2D eigenvalue weighted by Crippen LogP contribution is -2.50. The number of nitrogens with one attached hydrogen (secondary N) is 1. The lowest BCUT2D eigenvalue weighted by molar-refractivity contribution is -0.133. The molecule has 0 bridgehead atoms. The predicted molar refractivity (Wildman–Crippen MR) is 87.3 cm³/mol. The van der Waals surface area contributed by atoms with Gasteiger partial charge >= 0.3 is 0 Å². The van der Waals surface area contributed by atoms with Crippen LogP contribution >= 0.6 is 11.6 Å². The van der Waals surface area contributed by atoms with Crippen molar-refractivity contribution in [3.63, 3.8) is 0 Å². The van der Waals surface area contributed by atoms with Crippen LogP contribution in [0.1, 0.15) is 44.6 Å². The number of carbonyl (C=O) groups is 1. The number of benzene rings is 1. The molecule has 1 aliphatic carbocycles. The van der Waals surface area contributed by atoms with Gasteiger partial charge in [0.2, 0.25) is 5.91 Å². The minimum Gasteiger partial charge on any atom is -0.353 e. The molecule has 0 radical (unpaired) electrons. The molecular weight excluding hydrogens is 284 g/mol. The van der Waals surface area contributed by atoms with Crippen molar-refractivity contribution in [1.82, 2.24) is 5.32 Å². The molecule has 3 nitrogen and oxygen atoms in total. The first-order valence-electron chi connectivity index (χ1n) is 7.81. The standard InChI is InChI=1S/C17H25ClN2O/c1-13(11-14-5-7-15(18)8-6-14)20-16(21)17(12-19)9-3-2-4-10-17/h5-8,13H,2-4,9-12,19H2,1H3,(H,20,21). The molecule has 1 atom stereocenters. The molecule has 116 valence electrons. The molecule has 1 aromatic rings. The molecule has 0 heterocycles. The monoisotopic (exact) mass is 308 g/mol. The Labute approximate surface area is 132 Å². The van der Waals surface area contributed by atoms with Crippen LogP contribution in [-0.4, -0.2) is 18.5 Å². The number of rotatable bonds is 5. The molecule has 1 saturated carbocycles. The number of carbonyl (C=O) groups excluding carboxylic acids is 1. The molecule has 1 aliphatic rings. The van der Waals surface area contributed by atoms with Gasteiger partial charge in [-0.05, 0) is 43.9 Å². The number of nitrogens with two attached hydrogens (primary N) is 1. The van der Waals surface area contributed by atoms with Crippen LogP contribution in [0.25, 0.3) is 0 Å². The van der Waals surface area contributed by atoms with E-state index in [9.17, 15) is 4.79 Å². The zero-order chi connectivity index (χ0) is 15.3. The van der Waals surface area contributed by atoms with E-state index in [-0.39, 0.29) is 17.4 Å². The maximum atomic E-state index is 12.6. The Morgan fingerprint density at radius 2 is 1.90 bits per heavy atom. The fourth-order valence-corrected chi connectivity index (χ4v) is 3.28. The van der Waals surface area contributed by atoms with E-state index in [0.29, 0.717) is 6.54 Å². The van der Waals surface area contributed by atoms with Crippen LogP contribution in [0.5, 0.6) is 0 Å².